The minimum absolute atomic E-state index is 0.0255. The van der Waals surface area contributed by atoms with Crippen LogP contribution in [-0.2, 0) is 31.3 Å². The molecule has 1 spiro atoms. The van der Waals surface area contributed by atoms with E-state index < -0.39 is 37.4 Å². The molecule has 2 bridgehead atoms. The van der Waals surface area contributed by atoms with Gasteiger partial charge in [-0.2, -0.15) is 0 Å². The standard InChI is InChI=1S/C37H37N3O5S2/c1-22-12-14-26(15-13-22)47(44,45)39-20-24-18-28-33(27-10-7-11-29(39)31(24)27)32(23-8-5-4-6-9-23)34(38-28)35(41)40-30-19-25-16-17-37(30,36(25,2)3)21-46(40,42)43/h4-15,20,25,28,30,34,38H,16-19,21H2,1-3H3/t25?,28-,30+,34?,37+/m1/s1. The van der Waals surface area contributed by atoms with Crippen LogP contribution in [0.15, 0.2) is 83.9 Å². The second-order valence-corrected chi connectivity index (χ2v) is 18.4. The van der Waals surface area contributed by atoms with Crippen LogP contribution in [0.2, 0.25) is 0 Å². The summed E-state index contributed by atoms with van der Waals surface area (Å²) in [6, 6.07) is 20.8. The van der Waals surface area contributed by atoms with Crippen LogP contribution in [0, 0.1) is 23.7 Å². The highest BCUT2D eigenvalue weighted by atomic mass is 32.2. The number of amides is 1. The van der Waals surface area contributed by atoms with E-state index in [1.807, 2.05) is 55.5 Å². The number of carbonyl (C=O) groups is 1. The van der Waals surface area contributed by atoms with Gasteiger partial charge in [-0.3, -0.25) is 10.1 Å². The number of fused-ring (bicyclic) bond motifs is 3. The van der Waals surface area contributed by atoms with Crippen molar-refractivity contribution in [3.05, 3.63) is 101 Å². The predicted octanol–water partition coefficient (Wildman–Crippen LogP) is 5.36. The number of sulfonamides is 1. The molecule has 2 unspecified atom stereocenters. The van der Waals surface area contributed by atoms with Gasteiger partial charge in [0.1, 0.15) is 6.04 Å². The van der Waals surface area contributed by atoms with Crippen LogP contribution >= 0.6 is 0 Å². The van der Waals surface area contributed by atoms with E-state index in [0.717, 1.165) is 58.0 Å². The smallest absolute Gasteiger partial charge is 0.268 e. The van der Waals surface area contributed by atoms with E-state index in [0.29, 0.717) is 17.9 Å². The van der Waals surface area contributed by atoms with Crippen molar-refractivity contribution >= 4 is 48.0 Å². The van der Waals surface area contributed by atoms with Gasteiger partial charge in [0.25, 0.3) is 15.9 Å². The second kappa shape index (κ2) is 9.45. The molecule has 47 heavy (non-hydrogen) atoms. The molecule has 2 saturated carbocycles. The Bertz CT molecular complexity index is 2270. The zero-order valence-corrected chi connectivity index (χ0v) is 28.2. The molecular weight excluding hydrogens is 631 g/mol. The lowest BCUT2D eigenvalue weighted by molar-refractivity contribution is -0.129. The summed E-state index contributed by atoms with van der Waals surface area (Å²) in [5, 5.41) is 4.43. The monoisotopic (exact) mass is 667 g/mol. The lowest BCUT2D eigenvalue weighted by Crippen LogP contribution is -2.52. The van der Waals surface area contributed by atoms with Crippen LogP contribution in [0.4, 0.5) is 0 Å². The summed E-state index contributed by atoms with van der Waals surface area (Å²) in [6.07, 6.45) is 4.74. The van der Waals surface area contributed by atoms with Gasteiger partial charge in [0.2, 0.25) is 10.0 Å². The Hall–Kier alpha value is -3.73. The fourth-order valence-corrected chi connectivity index (χ4v) is 13.9. The Labute approximate surface area is 275 Å². The minimum atomic E-state index is -3.87. The largest absolute Gasteiger partial charge is 0.295 e. The minimum Gasteiger partial charge on any atom is -0.295 e. The zero-order valence-electron chi connectivity index (χ0n) is 26.6. The van der Waals surface area contributed by atoms with Gasteiger partial charge in [-0.1, -0.05) is 74.0 Å². The van der Waals surface area contributed by atoms with E-state index in [1.54, 1.807) is 30.5 Å². The SMILES string of the molecule is Cc1ccc(S(=O)(=O)n2cc3c4c(cccc42)C2=C(c4ccccc4)C(C(=O)N4[C@H]5CC6CC[C@@]5(CS4(=O)=O)C6(C)C)N[C@@H]2C3)cc1. The fraction of sp³-hybridized carbons (Fsp3) is 0.378. The summed E-state index contributed by atoms with van der Waals surface area (Å²) in [6.45, 7) is 6.31. The van der Waals surface area contributed by atoms with Crippen LogP contribution in [0.5, 0.6) is 0 Å². The Morgan fingerprint density at radius 1 is 0.957 bits per heavy atom. The number of carbonyl (C=O) groups excluding carboxylic acids is 1. The van der Waals surface area contributed by atoms with Crippen molar-refractivity contribution in [2.24, 2.45) is 16.7 Å². The third kappa shape index (κ3) is 3.75. The Kier molecular flexibility index (Phi) is 5.92. The molecule has 0 radical (unpaired) electrons. The van der Waals surface area contributed by atoms with E-state index >= 15 is 0 Å². The van der Waals surface area contributed by atoms with Gasteiger partial charge in [0.05, 0.1) is 22.2 Å². The highest BCUT2D eigenvalue weighted by Gasteiger charge is 2.72. The van der Waals surface area contributed by atoms with Crippen molar-refractivity contribution in [1.29, 1.82) is 0 Å². The lowest BCUT2D eigenvalue weighted by Gasteiger charge is -2.37. The quantitative estimate of drug-likeness (QED) is 0.314. The van der Waals surface area contributed by atoms with Crippen molar-refractivity contribution in [3.63, 3.8) is 0 Å². The molecule has 1 amide bonds. The summed E-state index contributed by atoms with van der Waals surface area (Å²) < 4.78 is 58.4. The summed E-state index contributed by atoms with van der Waals surface area (Å²) in [5.41, 5.74) is 5.29. The lowest BCUT2D eigenvalue weighted by atomic mass is 9.69. The predicted molar refractivity (Wildman–Crippen MR) is 181 cm³/mol. The molecular formula is C37H37N3O5S2. The first-order chi connectivity index (χ1) is 22.3. The number of hydrogen-bond donors (Lipinski definition) is 1. The zero-order chi connectivity index (χ0) is 32.7. The highest BCUT2D eigenvalue weighted by Crippen LogP contribution is 2.70. The molecule has 3 fully saturated rings. The van der Waals surface area contributed by atoms with E-state index in [9.17, 15) is 21.6 Å². The maximum absolute atomic E-state index is 14.8. The highest BCUT2D eigenvalue weighted by molar-refractivity contribution is 7.90. The summed E-state index contributed by atoms with van der Waals surface area (Å²) in [5.74, 6) is 0.0247. The first-order valence-electron chi connectivity index (χ1n) is 16.4. The molecule has 1 saturated heterocycles. The maximum Gasteiger partial charge on any atom is 0.268 e. The van der Waals surface area contributed by atoms with E-state index in [4.69, 9.17) is 0 Å². The molecule has 4 aromatic rings. The van der Waals surface area contributed by atoms with Crippen LogP contribution in [-0.4, -0.2) is 54.9 Å². The van der Waals surface area contributed by atoms with Crippen molar-refractivity contribution in [2.45, 2.75) is 69.5 Å². The molecule has 5 atom stereocenters. The summed E-state index contributed by atoms with van der Waals surface area (Å²) >= 11 is 0. The second-order valence-electron chi connectivity index (χ2n) is 14.8. The molecule has 9 rings (SSSR count). The number of nitrogens with one attached hydrogen (secondary N) is 1. The summed E-state index contributed by atoms with van der Waals surface area (Å²) in [4.78, 5) is 15.0. The average molecular weight is 668 g/mol. The van der Waals surface area contributed by atoms with Gasteiger partial charge < -0.3 is 0 Å². The van der Waals surface area contributed by atoms with Gasteiger partial charge in [0, 0.05) is 23.0 Å². The maximum atomic E-state index is 14.8. The van der Waals surface area contributed by atoms with E-state index in [-0.39, 0.29) is 28.1 Å². The molecule has 3 aliphatic carbocycles. The number of rotatable bonds is 4. The Balaban J connectivity index is 1.20. The number of hydrogen-bond acceptors (Lipinski definition) is 6. The van der Waals surface area contributed by atoms with Crippen molar-refractivity contribution in [2.75, 3.05) is 5.75 Å². The van der Waals surface area contributed by atoms with Crippen LogP contribution in [0.1, 0.15) is 55.4 Å². The normalized spacial score (nSPS) is 29.8. The third-order valence-corrected chi connectivity index (χ3v) is 16.0. The van der Waals surface area contributed by atoms with Gasteiger partial charge >= 0.3 is 0 Å². The van der Waals surface area contributed by atoms with Crippen LogP contribution < -0.4 is 5.32 Å². The number of nitrogens with zero attached hydrogens (tertiary/aromatic N) is 2. The molecule has 2 aliphatic heterocycles. The van der Waals surface area contributed by atoms with Crippen molar-refractivity contribution < 1.29 is 21.6 Å². The van der Waals surface area contributed by atoms with E-state index in [1.165, 1.54) is 8.28 Å². The van der Waals surface area contributed by atoms with Crippen molar-refractivity contribution in [3.8, 4) is 0 Å². The molecule has 5 aliphatic rings. The van der Waals surface area contributed by atoms with Gasteiger partial charge in [-0.25, -0.2) is 25.1 Å². The first kappa shape index (κ1) is 29.4. The summed E-state index contributed by atoms with van der Waals surface area (Å²) in [7, 11) is -7.69. The topological polar surface area (TPSA) is 106 Å². The van der Waals surface area contributed by atoms with Gasteiger partial charge in [-0.05, 0) is 90.0 Å². The third-order valence-electron chi connectivity index (χ3n) is 12.4. The number of benzene rings is 3. The molecule has 1 aromatic heterocycles. The average Bonchev–Trinajstić information content (AvgIpc) is 3.78. The fourth-order valence-electron chi connectivity index (χ4n) is 10.0. The Morgan fingerprint density at radius 3 is 2.43 bits per heavy atom. The number of aryl methyl sites for hydroxylation is 1. The van der Waals surface area contributed by atoms with Crippen molar-refractivity contribution in [1.82, 2.24) is 13.6 Å². The molecule has 242 valence electrons. The molecule has 3 aromatic carbocycles. The van der Waals surface area contributed by atoms with Gasteiger partial charge in [-0.15, -0.1) is 0 Å². The molecule has 8 nitrogen and oxygen atoms in total. The van der Waals surface area contributed by atoms with E-state index in [2.05, 4.69) is 19.2 Å². The molecule has 10 heteroatoms. The Morgan fingerprint density at radius 2 is 1.70 bits per heavy atom. The molecule has 3 heterocycles. The number of aromatic nitrogens is 1. The van der Waals surface area contributed by atoms with Gasteiger partial charge in [0.15, 0.2) is 0 Å². The van der Waals surface area contributed by atoms with Crippen LogP contribution in [0.25, 0.3) is 22.0 Å². The first-order valence-corrected chi connectivity index (χ1v) is 19.5. The molecule has 1 N–H and O–H groups in total. The van der Waals surface area contributed by atoms with Crippen LogP contribution in [0.3, 0.4) is 0 Å².